The molecule has 84 valence electrons. The molecule has 2 unspecified atom stereocenters. The van der Waals surface area contributed by atoms with E-state index >= 15 is 0 Å². The molecule has 0 spiro atoms. The fraction of sp³-hybridized carbons (Fsp3) is 0.556. The standard InChI is InChI=1S/C9H16N4OS/c1-6(15(3)14)5-11-9-4-8(10)12-7(2)13-9/h4,6H,5H2,1-3H3,(H3,10,11,12,13). The van der Waals surface area contributed by atoms with Gasteiger partial charge in [-0.15, -0.1) is 0 Å². The quantitative estimate of drug-likeness (QED) is 0.786. The molecule has 0 saturated heterocycles. The van der Waals surface area contributed by atoms with E-state index in [0.717, 1.165) is 0 Å². The zero-order chi connectivity index (χ0) is 11.4. The first-order valence-corrected chi connectivity index (χ1v) is 6.28. The molecule has 1 rings (SSSR count). The first-order valence-electron chi connectivity index (χ1n) is 4.66. The summed E-state index contributed by atoms with van der Waals surface area (Å²) in [5.41, 5.74) is 5.57. The molecule has 0 amide bonds. The highest BCUT2D eigenvalue weighted by Gasteiger charge is 2.06. The molecule has 0 aliphatic carbocycles. The lowest BCUT2D eigenvalue weighted by Gasteiger charge is -2.10. The van der Waals surface area contributed by atoms with Gasteiger partial charge in [-0.1, -0.05) is 0 Å². The lowest BCUT2D eigenvalue weighted by atomic mass is 10.4. The highest BCUT2D eigenvalue weighted by Crippen LogP contribution is 2.08. The fourth-order valence-corrected chi connectivity index (χ4v) is 1.37. The maximum Gasteiger partial charge on any atom is 0.131 e. The monoisotopic (exact) mass is 228 g/mol. The minimum absolute atomic E-state index is 0.0847. The van der Waals surface area contributed by atoms with Crippen molar-refractivity contribution in [3.8, 4) is 0 Å². The fourth-order valence-electron chi connectivity index (χ4n) is 1.05. The third kappa shape index (κ3) is 3.83. The van der Waals surface area contributed by atoms with Crippen molar-refractivity contribution in [2.24, 2.45) is 0 Å². The van der Waals surface area contributed by atoms with Crippen molar-refractivity contribution in [2.75, 3.05) is 23.9 Å². The van der Waals surface area contributed by atoms with E-state index in [9.17, 15) is 4.21 Å². The summed E-state index contributed by atoms with van der Waals surface area (Å²) in [6, 6.07) is 1.66. The van der Waals surface area contributed by atoms with Gasteiger partial charge in [0.05, 0.1) is 0 Å². The average Bonchev–Trinajstić information content (AvgIpc) is 2.12. The smallest absolute Gasteiger partial charge is 0.131 e. The Kier molecular flexibility index (Phi) is 4.02. The van der Waals surface area contributed by atoms with E-state index in [1.54, 1.807) is 19.2 Å². The minimum atomic E-state index is -0.832. The zero-order valence-corrected chi connectivity index (χ0v) is 9.97. The van der Waals surface area contributed by atoms with Crippen LogP contribution in [0.15, 0.2) is 6.07 Å². The third-order valence-corrected chi connectivity index (χ3v) is 3.29. The van der Waals surface area contributed by atoms with Gasteiger partial charge in [0.1, 0.15) is 17.5 Å². The maximum absolute atomic E-state index is 11.1. The summed E-state index contributed by atoms with van der Waals surface area (Å²) in [5, 5.41) is 3.17. The molecule has 0 bridgehead atoms. The van der Waals surface area contributed by atoms with Crippen molar-refractivity contribution in [3.63, 3.8) is 0 Å². The summed E-state index contributed by atoms with van der Waals surface area (Å²) in [5.74, 6) is 1.75. The van der Waals surface area contributed by atoms with Gasteiger partial charge < -0.3 is 11.1 Å². The molecule has 1 aromatic heterocycles. The van der Waals surface area contributed by atoms with Crippen LogP contribution in [0.2, 0.25) is 0 Å². The number of aromatic nitrogens is 2. The molecule has 15 heavy (non-hydrogen) atoms. The predicted molar refractivity (Wildman–Crippen MR) is 63.2 cm³/mol. The molecule has 5 nitrogen and oxygen atoms in total. The average molecular weight is 228 g/mol. The Morgan fingerprint density at radius 2 is 2.27 bits per heavy atom. The number of hydrogen-bond acceptors (Lipinski definition) is 5. The Balaban J connectivity index is 2.61. The molecule has 0 aliphatic heterocycles. The Bertz CT molecular complexity index is 349. The Labute approximate surface area is 92.0 Å². The van der Waals surface area contributed by atoms with Crippen LogP contribution in [0.4, 0.5) is 11.6 Å². The molecule has 1 aromatic rings. The topological polar surface area (TPSA) is 80.9 Å². The number of aryl methyl sites for hydroxylation is 1. The van der Waals surface area contributed by atoms with Gasteiger partial charge in [-0.3, -0.25) is 4.21 Å². The number of nitrogens with two attached hydrogens (primary N) is 1. The van der Waals surface area contributed by atoms with Crippen LogP contribution >= 0.6 is 0 Å². The Morgan fingerprint density at radius 1 is 1.60 bits per heavy atom. The molecule has 0 aromatic carbocycles. The molecular formula is C9H16N4OS. The molecular weight excluding hydrogens is 212 g/mol. The summed E-state index contributed by atoms with van der Waals surface area (Å²) in [4.78, 5) is 8.13. The van der Waals surface area contributed by atoms with Crippen molar-refractivity contribution < 1.29 is 4.21 Å². The van der Waals surface area contributed by atoms with Crippen molar-refractivity contribution in [3.05, 3.63) is 11.9 Å². The normalized spacial score (nSPS) is 14.6. The molecule has 0 aliphatic rings. The Morgan fingerprint density at radius 3 is 2.80 bits per heavy atom. The SMILES string of the molecule is Cc1nc(N)cc(NCC(C)S(C)=O)n1. The highest BCUT2D eigenvalue weighted by molar-refractivity contribution is 7.84. The number of hydrogen-bond donors (Lipinski definition) is 2. The number of rotatable bonds is 4. The van der Waals surface area contributed by atoms with E-state index in [4.69, 9.17) is 5.73 Å². The minimum Gasteiger partial charge on any atom is -0.384 e. The van der Waals surface area contributed by atoms with Crippen LogP contribution in [0, 0.1) is 6.92 Å². The lowest BCUT2D eigenvalue weighted by Crippen LogP contribution is -2.21. The van der Waals surface area contributed by atoms with Gasteiger partial charge in [-0.05, 0) is 13.8 Å². The summed E-state index contributed by atoms with van der Waals surface area (Å²) >= 11 is 0. The van der Waals surface area contributed by atoms with Crippen molar-refractivity contribution >= 4 is 22.4 Å². The largest absolute Gasteiger partial charge is 0.384 e. The van der Waals surface area contributed by atoms with Crippen LogP contribution in [-0.4, -0.2) is 32.2 Å². The summed E-state index contributed by atoms with van der Waals surface area (Å²) in [6.45, 7) is 4.31. The van der Waals surface area contributed by atoms with Gasteiger partial charge in [0.25, 0.3) is 0 Å². The van der Waals surface area contributed by atoms with Crippen molar-refractivity contribution in [1.82, 2.24) is 9.97 Å². The second-order valence-electron chi connectivity index (χ2n) is 3.42. The second kappa shape index (κ2) is 5.06. The number of anilines is 2. The van der Waals surface area contributed by atoms with Crippen LogP contribution in [-0.2, 0) is 10.8 Å². The van der Waals surface area contributed by atoms with Crippen LogP contribution in [0.5, 0.6) is 0 Å². The first kappa shape index (κ1) is 11.9. The summed E-state index contributed by atoms with van der Waals surface area (Å²) in [7, 11) is -0.832. The summed E-state index contributed by atoms with van der Waals surface area (Å²) < 4.78 is 11.1. The number of nitrogens with zero attached hydrogens (tertiary/aromatic N) is 2. The van der Waals surface area contributed by atoms with Crippen molar-refractivity contribution in [1.29, 1.82) is 0 Å². The van der Waals surface area contributed by atoms with Gasteiger partial charge >= 0.3 is 0 Å². The molecule has 0 radical (unpaired) electrons. The molecule has 1 heterocycles. The molecule has 6 heteroatoms. The lowest BCUT2D eigenvalue weighted by molar-refractivity contribution is 0.679. The molecule has 2 atom stereocenters. The van der Waals surface area contributed by atoms with Gasteiger partial charge in [0.2, 0.25) is 0 Å². The van der Waals surface area contributed by atoms with Crippen LogP contribution in [0.25, 0.3) is 0 Å². The van der Waals surface area contributed by atoms with E-state index in [0.29, 0.717) is 24.0 Å². The van der Waals surface area contributed by atoms with Crippen LogP contribution in [0.1, 0.15) is 12.7 Å². The zero-order valence-electron chi connectivity index (χ0n) is 9.15. The van der Waals surface area contributed by atoms with E-state index in [1.807, 2.05) is 6.92 Å². The van der Waals surface area contributed by atoms with Gasteiger partial charge in [-0.2, -0.15) is 0 Å². The molecule has 0 fully saturated rings. The highest BCUT2D eigenvalue weighted by atomic mass is 32.2. The predicted octanol–water partition coefficient (Wildman–Crippen LogP) is 0.546. The van der Waals surface area contributed by atoms with Gasteiger partial charge in [-0.25, -0.2) is 9.97 Å². The maximum atomic E-state index is 11.1. The van der Waals surface area contributed by atoms with Crippen LogP contribution in [0.3, 0.4) is 0 Å². The van der Waals surface area contributed by atoms with E-state index in [-0.39, 0.29) is 5.25 Å². The van der Waals surface area contributed by atoms with Gasteiger partial charge in [0, 0.05) is 34.9 Å². The molecule has 3 N–H and O–H groups in total. The summed E-state index contributed by atoms with van der Waals surface area (Å²) in [6.07, 6.45) is 1.69. The Hall–Kier alpha value is -1.17. The third-order valence-electron chi connectivity index (χ3n) is 2.00. The van der Waals surface area contributed by atoms with Gasteiger partial charge in [0.15, 0.2) is 0 Å². The molecule has 0 saturated carbocycles. The van der Waals surface area contributed by atoms with E-state index in [1.165, 1.54) is 0 Å². The van der Waals surface area contributed by atoms with Crippen molar-refractivity contribution in [2.45, 2.75) is 19.1 Å². The van der Waals surface area contributed by atoms with Crippen LogP contribution < -0.4 is 11.1 Å². The van der Waals surface area contributed by atoms with E-state index < -0.39 is 10.8 Å². The second-order valence-corrected chi connectivity index (χ2v) is 5.22. The van der Waals surface area contributed by atoms with E-state index in [2.05, 4.69) is 15.3 Å². The number of nitrogen functional groups attached to an aromatic ring is 1. The first-order chi connectivity index (χ1) is 6.99. The number of nitrogens with one attached hydrogen (secondary N) is 1.